The Kier molecular flexibility index (Phi) is 6.08. The molecule has 0 aromatic carbocycles. The molecule has 6 heteroatoms. The van der Waals surface area contributed by atoms with Gasteiger partial charge < -0.3 is 19.6 Å². The topological polar surface area (TPSA) is 70.1 Å². The Morgan fingerprint density at radius 2 is 1.84 bits per heavy atom. The molecule has 6 nitrogen and oxygen atoms in total. The van der Waals surface area contributed by atoms with E-state index in [-0.39, 0.29) is 18.7 Å². The Bertz CT molecular complexity index is 318. The number of urea groups is 1. The van der Waals surface area contributed by atoms with Crippen molar-refractivity contribution in [2.75, 3.05) is 32.8 Å². The lowest BCUT2D eigenvalue weighted by Gasteiger charge is -2.34. The second kappa shape index (κ2) is 7.33. The number of carboxylic acids is 1. The molecule has 2 amide bonds. The van der Waals surface area contributed by atoms with Crippen LogP contribution in [0.1, 0.15) is 27.2 Å². The van der Waals surface area contributed by atoms with Gasteiger partial charge in [0.15, 0.2) is 0 Å². The average molecular weight is 272 g/mol. The average Bonchev–Trinajstić information content (AvgIpc) is 2.86. The summed E-state index contributed by atoms with van der Waals surface area (Å²) in [4.78, 5) is 27.1. The van der Waals surface area contributed by atoms with Crippen LogP contribution in [-0.2, 0) is 9.53 Å². The Labute approximate surface area is 114 Å². The number of rotatable bonds is 6. The number of hydrogen-bond donors (Lipinski definition) is 1. The molecule has 0 aliphatic carbocycles. The first-order valence-corrected chi connectivity index (χ1v) is 6.92. The summed E-state index contributed by atoms with van der Waals surface area (Å²) in [6.45, 7) is 8.13. The zero-order chi connectivity index (χ0) is 14.4. The van der Waals surface area contributed by atoms with Gasteiger partial charge in [0.2, 0.25) is 0 Å². The van der Waals surface area contributed by atoms with Gasteiger partial charge in [-0.3, -0.25) is 4.79 Å². The van der Waals surface area contributed by atoms with Crippen molar-refractivity contribution in [2.24, 2.45) is 5.92 Å². The Morgan fingerprint density at radius 3 is 2.32 bits per heavy atom. The highest BCUT2D eigenvalue weighted by Gasteiger charge is 2.40. The highest BCUT2D eigenvalue weighted by molar-refractivity contribution is 5.77. The summed E-state index contributed by atoms with van der Waals surface area (Å²) in [5.74, 6) is -1.51. The molecule has 1 rings (SSSR count). The molecule has 0 bridgehead atoms. The van der Waals surface area contributed by atoms with Crippen molar-refractivity contribution in [1.82, 2.24) is 9.80 Å². The molecule has 19 heavy (non-hydrogen) atoms. The van der Waals surface area contributed by atoms with Crippen LogP contribution in [0.4, 0.5) is 4.79 Å². The van der Waals surface area contributed by atoms with Crippen LogP contribution in [-0.4, -0.2) is 65.8 Å². The van der Waals surface area contributed by atoms with E-state index in [1.54, 1.807) is 9.80 Å². The molecule has 1 saturated heterocycles. The normalized spacial score (nSPS) is 22.3. The minimum absolute atomic E-state index is 0.0893. The first-order chi connectivity index (χ1) is 9.06. The van der Waals surface area contributed by atoms with Gasteiger partial charge in [0.05, 0.1) is 19.3 Å². The van der Waals surface area contributed by atoms with E-state index in [0.29, 0.717) is 26.2 Å². The van der Waals surface area contributed by atoms with Gasteiger partial charge in [-0.15, -0.1) is 0 Å². The fourth-order valence-electron chi connectivity index (χ4n) is 2.41. The van der Waals surface area contributed by atoms with Gasteiger partial charge in [0, 0.05) is 19.6 Å². The maximum absolute atomic E-state index is 12.5. The first kappa shape index (κ1) is 15.8. The predicted molar refractivity (Wildman–Crippen MR) is 71.0 cm³/mol. The number of nitrogens with zero attached hydrogens (tertiary/aromatic N) is 2. The zero-order valence-electron chi connectivity index (χ0n) is 12.0. The lowest BCUT2D eigenvalue weighted by molar-refractivity contribution is -0.142. The van der Waals surface area contributed by atoms with Gasteiger partial charge in [0.25, 0.3) is 0 Å². The summed E-state index contributed by atoms with van der Waals surface area (Å²) >= 11 is 0. The van der Waals surface area contributed by atoms with Crippen LogP contribution in [0.2, 0.25) is 0 Å². The van der Waals surface area contributed by atoms with Crippen LogP contribution >= 0.6 is 0 Å². The summed E-state index contributed by atoms with van der Waals surface area (Å²) in [5.41, 5.74) is 0. The van der Waals surface area contributed by atoms with Crippen molar-refractivity contribution in [2.45, 2.75) is 33.2 Å². The largest absolute Gasteiger partial charge is 0.481 e. The van der Waals surface area contributed by atoms with E-state index < -0.39 is 11.9 Å². The Balaban J connectivity index is 2.86. The molecule has 1 N–H and O–H groups in total. The van der Waals surface area contributed by atoms with Crippen LogP contribution < -0.4 is 0 Å². The number of amides is 2. The SMILES string of the molecule is CCCN(C(=O)N(CC)CC)C1COCC1C(=O)O. The third-order valence-corrected chi connectivity index (χ3v) is 3.51. The minimum Gasteiger partial charge on any atom is -0.481 e. The second-order valence-electron chi connectivity index (χ2n) is 4.70. The van der Waals surface area contributed by atoms with Crippen molar-refractivity contribution < 1.29 is 19.4 Å². The first-order valence-electron chi connectivity index (χ1n) is 6.92. The molecule has 0 spiro atoms. The Morgan fingerprint density at radius 1 is 1.21 bits per heavy atom. The maximum Gasteiger partial charge on any atom is 0.320 e. The van der Waals surface area contributed by atoms with Crippen molar-refractivity contribution in [3.8, 4) is 0 Å². The summed E-state index contributed by atoms with van der Waals surface area (Å²) in [6, 6.07) is -0.445. The summed E-state index contributed by atoms with van der Waals surface area (Å²) in [6.07, 6.45) is 0.801. The zero-order valence-corrected chi connectivity index (χ0v) is 12.0. The lowest BCUT2D eigenvalue weighted by Crippen LogP contribution is -2.52. The van der Waals surface area contributed by atoms with E-state index in [9.17, 15) is 14.7 Å². The van der Waals surface area contributed by atoms with Gasteiger partial charge in [-0.1, -0.05) is 6.92 Å². The van der Waals surface area contributed by atoms with Crippen LogP contribution in [0.5, 0.6) is 0 Å². The van der Waals surface area contributed by atoms with Crippen molar-refractivity contribution in [3.05, 3.63) is 0 Å². The molecule has 2 atom stereocenters. The van der Waals surface area contributed by atoms with E-state index in [0.717, 1.165) is 6.42 Å². The minimum atomic E-state index is -0.893. The van der Waals surface area contributed by atoms with E-state index >= 15 is 0 Å². The standard InChI is InChI=1S/C13H24N2O4/c1-4-7-15(13(18)14(5-2)6-3)11-9-19-8-10(11)12(16)17/h10-11H,4-9H2,1-3H3,(H,16,17). The number of carboxylic acid groups (broad SMARTS) is 1. The molecule has 1 aliphatic rings. The highest BCUT2D eigenvalue weighted by atomic mass is 16.5. The molecule has 2 unspecified atom stereocenters. The van der Waals surface area contributed by atoms with Crippen molar-refractivity contribution in [3.63, 3.8) is 0 Å². The van der Waals surface area contributed by atoms with Gasteiger partial charge in [-0.2, -0.15) is 0 Å². The molecule has 110 valence electrons. The van der Waals surface area contributed by atoms with Crippen LogP contribution in [0.25, 0.3) is 0 Å². The quantitative estimate of drug-likeness (QED) is 0.790. The molecule has 1 aliphatic heterocycles. The van der Waals surface area contributed by atoms with Crippen molar-refractivity contribution in [1.29, 1.82) is 0 Å². The monoisotopic (exact) mass is 272 g/mol. The molecule has 1 heterocycles. The van der Waals surface area contributed by atoms with E-state index in [4.69, 9.17) is 4.74 Å². The van der Waals surface area contributed by atoms with Crippen LogP contribution in [0.15, 0.2) is 0 Å². The third-order valence-electron chi connectivity index (χ3n) is 3.51. The van der Waals surface area contributed by atoms with Crippen molar-refractivity contribution >= 4 is 12.0 Å². The molecule has 0 radical (unpaired) electrons. The molecular weight excluding hydrogens is 248 g/mol. The number of carbonyl (C=O) groups excluding carboxylic acids is 1. The molecular formula is C13H24N2O4. The third kappa shape index (κ3) is 3.59. The van der Waals surface area contributed by atoms with Crippen LogP contribution in [0, 0.1) is 5.92 Å². The van der Waals surface area contributed by atoms with E-state index in [1.807, 2.05) is 20.8 Å². The van der Waals surface area contributed by atoms with Crippen LogP contribution in [0.3, 0.4) is 0 Å². The number of carbonyl (C=O) groups is 2. The fraction of sp³-hybridized carbons (Fsp3) is 0.846. The second-order valence-corrected chi connectivity index (χ2v) is 4.70. The molecule has 0 saturated carbocycles. The van der Waals surface area contributed by atoms with E-state index in [2.05, 4.69) is 0 Å². The van der Waals surface area contributed by atoms with Gasteiger partial charge >= 0.3 is 12.0 Å². The summed E-state index contributed by atoms with van der Waals surface area (Å²) in [5, 5.41) is 9.20. The van der Waals surface area contributed by atoms with E-state index in [1.165, 1.54) is 0 Å². The highest BCUT2D eigenvalue weighted by Crippen LogP contribution is 2.21. The molecule has 1 fully saturated rings. The Hall–Kier alpha value is -1.30. The summed E-state index contributed by atoms with van der Waals surface area (Å²) < 4.78 is 5.26. The maximum atomic E-state index is 12.5. The number of ether oxygens (including phenoxy) is 1. The van der Waals surface area contributed by atoms with Gasteiger partial charge in [-0.05, 0) is 20.3 Å². The molecule has 0 aromatic rings. The van der Waals surface area contributed by atoms with Gasteiger partial charge in [-0.25, -0.2) is 4.79 Å². The predicted octanol–water partition coefficient (Wildman–Crippen LogP) is 1.26. The fourth-order valence-corrected chi connectivity index (χ4v) is 2.41. The number of aliphatic carboxylic acids is 1. The number of hydrogen-bond acceptors (Lipinski definition) is 3. The smallest absolute Gasteiger partial charge is 0.320 e. The molecule has 0 aromatic heterocycles. The lowest BCUT2D eigenvalue weighted by atomic mass is 10.0. The van der Waals surface area contributed by atoms with Gasteiger partial charge in [0.1, 0.15) is 5.92 Å². The summed E-state index contributed by atoms with van der Waals surface area (Å²) in [7, 11) is 0.